The van der Waals surface area contributed by atoms with E-state index in [1.165, 1.54) is 0 Å². The van der Waals surface area contributed by atoms with Crippen LogP contribution in [0.5, 0.6) is 17.2 Å². The van der Waals surface area contributed by atoms with Gasteiger partial charge in [0.05, 0.1) is 26.8 Å². The summed E-state index contributed by atoms with van der Waals surface area (Å²) in [6.45, 7) is 8.45. The van der Waals surface area contributed by atoms with Gasteiger partial charge in [-0.1, -0.05) is 0 Å². The van der Waals surface area contributed by atoms with Crippen LogP contribution >= 0.6 is 11.3 Å². The number of hydrogen-bond donors (Lipinski definition) is 0. The molecule has 1 aromatic heterocycles. The second kappa shape index (κ2) is 8.53. The SMILES string of the molecule is COc1ccc(CN(C(=O)OC(C)(C)C)C2COc3c(C)csc3C2)c(OC)c1. The summed E-state index contributed by atoms with van der Waals surface area (Å²) >= 11 is 1.67. The van der Waals surface area contributed by atoms with Gasteiger partial charge in [0, 0.05) is 28.5 Å². The van der Waals surface area contributed by atoms with Crippen LogP contribution in [0.2, 0.25) is 0 Å². The number of nitrogens with zero attached hydrogens (tertiary/aromatic N) is 1. The van der Waals surface area contributed by atoms with Gasteiger partial charge in [-0.3, -0.25) is 4.90 Å². The molecular formula is C22H29NO5S. The average molecular weight is 420 g/mol. The van der Waals surface area contributed by atoms with Gasteiger partial charge in [-0.25, -0.2) is 4.79 Å². The van der Waals surface area contributed by atoms with Gasteiger partial charge in [0.25, 0.3) is 0 Å². The Morgan fingerprint density at radius 3 is 2.69 bits per heavy atom. The Hall–Kier alpha value is -2.41. The molecular weight excluding hydrogens is 390 g/mol. The lowest BCUT2D eigenvalue weighted by molar-refractivity contribution is 0.00659. The number of carbonyl (C=O) groups is 1. The third-order valence-electron chi connectivity index (χ3n) is 4.73. The predicted octanol–water partition coefficient (Wildman–Crippen LogP) is 4.81. The van der Waals surface area contributed by atoms with Crippen LogP contribution in [0.15, 0.2) is 23.6 Å². The van der Waals surface area contributed by atoms with Gasteiger partial charge in [0.15, 0.2) is 0 Å². The van der Waals surface area contributed by atoms with E-state index in [0.717, 1.165) is 28.2 Å². The molecule has 1 aliphatic rings. The molecule has 1 amide bonds. The Kier molecular flexibility index (Phi) is 6.27. The fourth-order valence-corrected chi connectivity index (χ4v) is 4.35. The second-order valence-electron chi connectivity index (χ2n) is 8.13. The molecule has 0 fully saturated rings. The van der Waals surface area contributed by atoms with Crippen LogP contribution in [0, 0.1) is 6.92 Å². The first-order valence-corrected chi connectivity index (χ1v) is 10.5. The van der Waals surface area contributed by atoms with Gasteiger partial charge >= 0.3 is 6.09 Å². The standard InChI is InChI=1S/C22H29NO5S/c1-14-13-29-19-9-16(12-27-20(14)19)23(21(24)28-22(2,3)4)11-15-7-8-17(25-5)10-18(15)26-6/h7-8,10,13,16H,9,11-12H2,1-6H3. The average Bonchev–Trinajstić information content (AvgIpc) is 3.04. The number of rotatable bonds is 5. The molecule has 2 heterocycles. The van der Waals surface area contributed by atoms with Crippen molar-refractivity contribution in [2.75, 3.05) is 20.8 Å². The van der Waals surface area contributed by atoms with E-state index in [4.69, 9.17) is 18.9 Å². The molecule has 0 radical (unpaired) electrons. The minimum Gasteiger partial charge on any atom is -0.497 e. The molecule has 1 aliphatic heterocycles. The zero-order valence-corrected chi connectivity index (χ0v) is 18.7. The molecule has 158 valence electrons. The third-order valence-corrected chi connectivity index (χ3v) is 5.84. The molecule has 0 bridgehead atoms. The molecule has 1 aromatic carbocycles. The van der Waals surface area contributed by atoms with E-state index >= 15 is 0 Å². The number of carbonyl (C=O) groups excluding carboxylic acids is 1. The summed E-state index contributed by atoms with van der Waals surface area (Å²) in [5.74, 6) is 2.33. The van der Waals surface area contributed by atoms with Crippen molar-refractivity contribution >= 4 is 17.4 Å². The number of benzene rings is 1. The Morgan fingerprint density at radius 2 is 2.03 bits per heavy atom. The summed E-state index contributed by atoms with van der Waals surface area (Å²) in [5, 5.41) is 2.09. The van der Waals surface area contributed by atoms with E-state index < -0.39 is 5.60 Å². The van der Waals surface area contributed by atoms with Crippen LogP contribution in [0.25, 0.3) is 0 Å². The van der Waals surface area contributed by atoms with E-state index in [9.17, 15) is 4.79 Å². The number of ether oxygens (including phenoxy) is 4. The fourth-order valence-electron chi connectivity index (χ4n) is 3.30. The first kappa shape index (κ1) is 21.3. The summed E-state index contributed by atoms with van der Waals surface area (Å²) in [6.07, 6.45) is 0.381. The molecule has 1 atom stereocenters. The maximum absolute atomic E-state index is 13.1. The maximum atomic E-state index is 13.1. The number of aryl methyl sites for hydroxylation is 1. The monoisotopic (exact) mass is 419 g/mol. The molecule has 0 spiro atoms. The smallest absolute Gasteiger partial charge is 0.410 e. The number of methoxy groups -OCH3 is 2. The van der Waals surface area contributed by atoms with E-state index in [0.29, 0.717) is 24.7 Å². The first-order valence-electron chi connectivity index (χ1n) is 9.62. The first-order chi connectivity index (χ1) is 13.7. The Morgan fingerprint density at radius 1 is 1.28 bits per heavy atom. The largest absolute Gasteiger partial charge is 0.497 e. The summed E-state index contributed by atoms with van der Waals surface area (Å²) in [4.78, 5) is 16.0. The molecule has 0 aliphatic carbocycles. The van der Waals surface area contributed by atoms with Gasteiger partial charge in [-0.2, -0.15) is 0 Å². The summed E-state index contributed by atoms with van der Waals surface area (Å²) < 4.78 is 22.5. The van der Waals surface area contributed by atoms with Crippen LogP contribution in [0.1, 0.15) is 36.8 Å². The highest BCUT2D eigenvalue weighted by molar-refractivity contribution is 7.10. The van der Waals surface area contributed by atoms with E-state index in [1.807, 2.05) is 45.9 Å². The number of hydrogen-bond acceptors (Lipinski definition) is 6. The zero-order valence-electron chi connectivity index (χ0n) is 17.9. The second-order valence-corrected chi connectivity index (χ2v) is 9.09. The van der Waals surface area contributed by atoms with Crippen molar-refractivity contribution in [1.82, 2.24) is 4.90 Å². The molecule has 0 N–H and O–H groups in total. The van der Waals surface area contributed by atoms with E-state index in [-0.39, 0.29) is 12.1 Å². The van der Waals surface area contributed by atoms with Crippen molar-refractivity contribution in [3.63, 3.8) is 0 Å². The highest BCUT2D eigenvalue weighted by Crippen LogP contribution is 2.36. The molecule has 0 saturated carbocycles. The van der Waals surface area contributed by atoms with Crippen molar-refractivity contribution in [1.29, 1.82) is 0 Å². The molecule has 29 heavy (non-hydrogen) atoms. The van der Waals surface area contributed by atoms with Crippen LogP contribution in [-0.4, -0.2) is 43.5 Å². The lowest BCUT2D eigenvalue weighted by Gasteiger charge is -2.35. The van der Waals surface area contributed by atoms with Crippen molar-refractivity contribution < 1.29 is 23.7 Å². The van der Waals surface area contributed by atoms with Crippen molar-refractivity contribution in [3.8, 4) is 17.2 Å². The van der Waals surface area contributed by atoms with E-state index in [1.54, 1.807) is 30.5 Å². The van der Waals surface area contributed by atoms with Gasteiger partial charge in [-0.05, 0) is 45.2 Å². The van der Waals surface area contributed by atoms with Crippen LogP contribution in [0.3, 0.4) is 0 Å². The predicted molar refractivity (Wildman–Crippen MR) is 113 cm³/mol. The number of amides is 1. The third kappa shape index (κ3) is 4.96. The quantitative estimate of drug-likeness (QED) is 0.696. The minimum absolute atomic E-state index is 0.123. The summed E-state index contributed by atoms with van der Waals surface area (Å²) in [6, 6.07) is 5.48. The molecule has 0 saturated heterocycles. The molecule has 7 heteroatoms. The maximum Gasteiger partial charge on any atom is 0.410 e. The Balaban J connectivity index is 1.89. The van der Waals surface area contributed by atoms with Crippen LogP contribution in [0.4, 0.5) is 4.79 Å². The Labute approximate surface area is 176 Å². The topological polar surface area (TPSA) is 57.2 Å². The van der Waals surface area contributed by atoms with Crippen molar-refractivity contribution in [2.24, 2.45) is 0 Å². The molecule has 1 unspecified atom stereocenters. The highest BCUT2D eigenvalue weighted by atomic mass is 32.1. The normalized spacial score (nSPS) is 15.9. The highest BCUT2D eigenvalue weighted by Gasteiger charge is 2.33. The minimum atomic E-state index is -0.584. The lowest BCUT2D eigenvalue weighted by atomic mass is 10.1. The molecule has 6 nitrogen and oxygen atoms in total. The fraction of sp³-hybridized carbons (Fsp3) is 0.500. The van der Waals surface area contributed by atoms with Crippen molar-refractivity contribution in [2.45, 2.75) is 52.3 Å². The van der Waals surface area contributed by atoms with Crippen LogP contribution < -0.4 is 14.2 Å². The Bertz CT molecular complexity index is 871. The lowest BCUT2D eigenvalue weighted by Crippen LogP contribution is -2.47. The van der Waals surface area contributed by atoms with Gasteiger partial charge in [0.1, 0.15) is 29.5 Å². The summed E-state index contributed by atoms with van der Waals surface area (Å²) in [7, 11) is 3.22. The summed E-state index contributed by atoms with van der Waals surface area (Å²) in [5.41, 5.74) is 1.44. The van der Waals surface area contributed by atoms with E-state index in [2.05, 4.69) is 5.38 Å². The number of fused-ring (bicyclic) bond motifs is 1. The van der Waals surface area contributed by atoms with Gasteiger partial charge in [-0.15, -0.1) is 11.3 Å². The van der Waals surface area contributed by atoms with Crippen LogP contribution in [-0.2, 0) is 17.7 Å². The zero-order chi connectivity index (χ0) is 21.2. The van der Waals surface area contributed by atoms with Crippen molar-refractivity contribution in [3.05, 3.63) is 39.6 Å². The number of thiophene rings is 1. The van der Waals surface area contributed by atoms with Gasteiger partial charge in [0.2, 0.25) is 0 Å². The van der Waals surface area contributed by atoms with Gasteiger partial charge < -0.3 is 18.9 Å². The molecule has 2 aromatic rings. The molecule has 3 rings (SSSR count).